The standard InChI is InChI=1S/C25H34NO2P/c1-19(23(27)28-20-16-24(2,3)26-25(4,5)17-20)18-29(21-12-8-6-9-13-21)22-14-10-7-11-15-22/h6-15,19-20,26H,16-18H2,1-5H3. The Morgan fingerprint density at radius 2 is 1.41 bits per heavy atom. The van der Waals surface area contributed by atoms with Gasteiger partial charge in [-0.05, 0) is 52.4 Å². The van der Waals surface area contributed by atoms with E-state index in [1.165, 1.54) is 10.6 Å². The number of hydrogen-bond acceptors (Lipinski definition) is 3. The Balaban J connectivity index is 1.71. The average Bonchev–Trinajstić information content (AvgIpc) is 2.64. The number of hydrogen-bond donors (Lipinski definition) is 1. The van der Waals surface area contributed by atoms with Gasteiger partial charge in [0.25, 0.3) is 0 Å². The summed E-state index contributed by atoms with van der Waals surface area (Å²) in [6.45, 7) is 10.7. The molecule has 0 bridgehead atoms. The lowest BCUT2D eigenvalue weighted by atomic mass is 9.81. The van der Waals surface area contributed by atoms with Gasteiger partial charge in [-0.2, -0.15) is 0 Å². The van der Waals surface area contributed by atoms with Gasteiger partial charge in [-0.3, -0.25) is 4.79 Å². The summed E-state index contributed by atoms with van der Waals surface area (Å²) in [5, 5.41) is 6.26. The van der Waals surface area contributed by atoms with E-state index in [0.29, 0.717) is 0 Å². The Morgan fingerprint density at radius 1 is 0.966 bits per heavy atom. The monoisotopic (exact) mass is 411 g/mol. The van der Waals surface area contributed by atoms with Gasteiger partial charge in [0.15, 0.2) is 0 Å². The third-order valence-corrected chi connectivity index (χ3v) is 8.19. The molecule has 2 aromatic carbocycles. The summed E-state index contributed by atoms with van der Waals surface area (Å²) in [5.41, 5.74) is -0.0622. The molecule has 1 heterocycles. The minimum absolute atomic E-state index is 0.0311. The van der Waals surface area contributed by atoms with Gasteiger partial charge in [-0.15, -0.1) is 0 Å². The molecule has 0 saturated carbocycles. The Morgan fingerprint density at radius 3 is 1.86 bits per heavy atom. The van der Waals surface area contributed by atoms with E-state index in [0.717, 1.165) is 19.0 Å². The number of piperidine rings is 1. The van der Waals surface area contributed by atoms with E-state index in [1.807, 2.05) is 19.1 Å². The average molecular weight is 412 g/mol. The molecule has 1 unspecified atom stereocenters. The van der Waals surface area contributed by atoms with Crippen LogP contribution in [0.2, 0.25) is 0 Å². The van der Waals surface area contributed by atoms with Gasteiger partial charge < -0.3 is 10.1 Å². The molecule has 156 valence electrons. The number of nitrogens with one attached hydrogen (secondary N) is 1. The normalized spacial score (nSPS) is 19.7. The molecule has 0 amide bonds. The number of rotatable bonds is 6. The molecule has 0 spiro atoms. The van der Waals surface area contributed by atoms with Gasteiger partial charge in [0, 0.05) is 23.9 Å². The molecule has 0 aromatic heterocycles. The van der Waals surface area contributed by atoms with Crippen LogP contribution in [-0.4, -0.2) is 29.3 Å². The van der Waals surface area contributed by atoms with Gasteiger partial charge in [0.1, 0.15) is 6.10 Å². The first-order chi connectivity index (χ1) is 13.7. The van der Waals surface area contributed by atoms with Crippen LogP contribution in [0.5, 0.6) is 0 Å². The first-order valence-corrected chi connectivity index (χ1v) is 12.1. The zero-order valence-corrected chi connectivity index (χ0v) is 19.2. The number of benzene rings is 2. The Kier molecular flexibility index (Phi) is 6.81. The Labute approximate surface area is 177 Å². The van der Waals surface area contributed by atoms with Crippen LogP contribution in [0.15, 0.2) is 60.7 Å². The van der Waals surface area contributed by atoms with Crippen molar-refractivity contribution < 1.29 is 9.53 Å². The number of carbonyl (C=O) groups excluding carboxylic acids is 1. The van der Waals surface area contributed by atoms with Crippen LogP contribution in [0.25, 0.3) is 0 Å². The lowest BCUT2D eigenvalue weighted by Gasteiger charge is -2.46. The first-order valence-electron chi connectivity index (χ1n) is 10.5. The van der Waals surface area contributed by atoms with Crippen LogP contribution in [0, 0.1) is 5.92 Å². The summed E-state index contributed by atoms with van der Waals surface area (Å²) in [6, 6.07) is 21.1. The predicted octanol–water partition coefficient (Wildman–Crippen LogP) is 4.61. The quantitative estimate of drug-likeness (QED) is 0.557. The van der Waals surface area contributed by atoms with Crippen molar-refractivity contribution in [1.29, 1.82) is 0 Å². The van der Waals surface area contributed by atoms with E-state index in [9.17, 15) is 4.79 Å². The lowest BCUT2D eigenvalue weighted by Crippen LogP contribution is -2.59. The minimum atomic E-state index is -0.597. The number of ether oxygens (including phenoxy) is 1. The van der Waals surface area contributed by atoms with Crippen molar-refractivity contribution in [2.24, 2.45) is 5.92 Å². The third-order valence-electron chi connectivity index (χ3n) is 5.43. The second-order valence-corrected chi connectivity index (χ2v) is 11.8. The van der Waals surface area contributed by atoms with E-state index in [-0.39, 0.29) is 29.1 Å². The van der Waals surface area contributed by atoms with E-state index in [1.54, 1.807) is 0 Å². The molecule has 1 atom stereocenters. The molecule has 0 aliphatic carbocycles. The van der Waals surface area contributed by atoms with Crippen LogP contribution < -0.4 is 15.9 Å². The summed E-state index contributed by atoms with van der Waals surface area (Å²) in [7, 11) is -0.597. The molecular weight excluding hydrogens is 377 g/mol. The van der Waals surface area contributed by atoms with Crippen molar-refractivity contribution in [2.75, 3.05) is 6.16 Å². The fourth-order valence-electron chi connectivity index (χ4n) is 4.52. The van der Waals surface area contributed by atoms with Gasteiger partial charge in [-0.25, -0.2) is 0 Å². The second kappa shape index (κ2) is 8.98. The molecule has 3 rings (SSSR count). The third kappa shape index (κ3) is 6.14. The summed E-state index contributed by atoms with van der Waals surface area (Å²) >= 11 is 0. The largest absolute Gasteiger partial charge is 0.462 e. The SMILES string of the molecule is CC(CP(c1ccccc1)c1ccccc1)C(=O)OC1CC(C)(C)NC(C)(C)C1. The van der Waals surface area contributed by atoms with E-state index < -0.39 is 7.92 Å². The van der Waals surface area contributed by atoms with Gasteiger partial charge >= 0.3 is 5.97 Å². The van der Waals surface area contributed by atoms with Crippen LogP contribution >= 0.6 is 7.92 Å². The highest BCUT2D eigenvalue weighted by molar-refractivity contribution is 7.73. The van der Waals surface area contributed by atoms with Crippen molar-refractivity contribution in [3.63, 3.8) is 0 Å². The molecule has 1 aliphatic rings. The molecule has 4 heteroatoms. The van der Waals surface area contributed by atoms with Crippen molar-refractivity contribution in [2.45, 2.75) is 64.6 Å². The maximum Gasteiger partial charge on any atom is 0.309 e. The molecule has 1 fully saturated rings. The highest BCUT2D eigenvalue weighted by atomic mass is 31.1. The second-order valence-electron chi connectivity index (χ2n) is 9.54. The van der Waals surface area contributed by atoms with Gasteiger partial charge in [-0.1, -0.05) is 67.6 Å². The van der Waals surface area contributed by atoms with Crippen molar-refractivity contribution >= 4 is 24.5 Å². The summed E-state index contributed by atoms with van der Waals surface area (Å²) in [4.78, 5) is 13.0. The molecule has 1 saturated heterocycles. The molecular formula is C25H34NO2P. The first kappa shape index (κ1) is 22.0. The summed E-state index contributed by atoms with van der Waals surface area (Å²) in [5.74, 6) is -0.203. The topological polar surface area (TPSA) is 38.3 Å². The van der Waals surface area contributed by atoms with Crippen molar-refractivity contribution in [3.05, 3.63) is 60.7 Å². The van der Waals surface area contributed by atoms with E-state index in [4.69, 9.17) is 4.74 Å². The number of carbonyl (C=O) groups is 1. The molecule has 3 nitrogen and oxygen atoms in total. The van der Waals surface area contributed by atoms with E-state index >= 15 is 0 Å². The Hall–Kier alpha value is -1.70. The minimum Gasteiger partial charge on any atom is -0.462 e. The highest BCUT2D eigenvalue weighted by Gasteiger charge is 2.39. The molecule has 0 radical (unpaired) electrons. The predicted molar refractivity (Wildman–Crippen MR) is 124 cm³/mol. The fourth-order valence-corrected chi connectivity index (χ4v) is 7.00. The van der Waals surface area contributed by atoms with Crippen LogP contribution in [0.1, 0.15) is 47.5 Å². The smallest absolute Gasteiger partial charge is 0.309 e. The molecule has 1 aliphatic heterocycles. The molecule has 1 N–H and O–H groups in total. The van der Waals surface area contributed by atoms with Crippen molar-refractivity contribution in [1.82, 2.24) is 5.32 Å². The van der Waals surface area contributed by atoms with E-state index in [2.05, 4.69) is 81.5 Å². The maximum atomic E-state index is 13.0. The van der Waals surface area contributed by atoms with Crippen LogP contribution in [0.3, 0.4) is 0 Å². The fraction of sp³-hybridized carbons (Fsp3) is 0.480. The Bertz CT molecular complexity index is 749. The maximum absolute atomic E-state index is 13.0. The van der Waals surface area contributed by atoms with Crippen LogP contribution in [-0.2, 0) is 9.53 Å². The zero-order chi connectivity index (χ0) is 21.1. The van der Waals surface area contributed by atoms with Gasteiger partial charge in [0.2, 0.25) is 0 Å². The van der Waals surface area contributed by atoms with Crippen LogP contribution in [0.4, 0.5) is 0 Å². The zero-order valence-electron chi connectivity index (χ0n) is 18.3. The van der Waals surface area contributed by atoms with Gasteiger partial charge in [0.05, 0.1) is 5.92 Å². The lowest BCUT2D eigenvalue weighted by molar-refractivity contribution is -0.156. The molecule has 2 aromatic rings. The summed E-state index contributed by atoms with van der Waals surface area (Å²) in [6.07, 6.45) is 2.47. The summed E-state index contributed by atoms with van der Waals surface area (Å²) < 4.78 is 6.03. The highest BCUT2D eigenvalue weighted by Crippen LogP contribution is 2.37. The number of esters is 1. The molecule has 29 heavy (non-hydrogen) atoms. The van der Waals surface area contributed by atoms with Crippen molar-refractivity contribution in [3.8, 4) is 0 Å².